The van der Waals surface area contributed by atoms with Gasteiger partial charge < -0.3 is 15.4 Å². The third-order valence-electron chi connectivity index (χ3n) is 2.76. The van der Waals surface area contributed by atoms with Gasteiger partial charge in [0.05, 0.1) is 17.7 Å². The number of anilines is 1. The number of para-hydroxylation sites is 2. The zero-order valence-corrected chi connectivity index (χ0v) is 12.4. The van der Waals surface area contributed by atoms with Crippen LogP contribution in [0.3, 0.4) is 0 Å². The van der Waals surface area contributed by atoms with Crippen molar-refractivity contribution in [1.29, 1.82) is 0 Å². The van der Waals surface area contributed by atoms with E-state index < -0.39 is 0 Å². The van der Waals surface area contributed by atoms with Crippen molar-refractivity contribution in [3.8, 4) is 5.75 Å². The molecule has 0 aliphatic rings. The van der Waals surface area contributed by atoms with E-state index in [4.69, 9.17) is 4.74 Å². The fourth-order valence-corrected chi connectivity index (χ4v) is 2.39. The number of carbonyl (C=O) groups is 2. The minimum absolute atomic E-state index is 0.157. The maximum absolute atomic E-state index is 11.8. The van der Waals surface area contributed by atoms with E-state index in [1.807, 2.05) is 23.6 Å². The highest BCUT2D eigenvalue weighted by Gasteiger charge is 2.09. The maximum Gasteiger partial charge on any atom is 0.261 e. The minimum atomic E-state index is -0.175. The van der Waals surface area contributed by atoms with Crippen LogP contribution in [0.2, 0.25) is 0 Å². The van der Waals surface area contributed by atoms with E-state index in [0.29, 0.717) is 16.3 Å². The van der Waals surface area contributed by atoms with Gasteiger partial charge in [0, 0.05) is 13.0 Å². The second-order valence-electron chi connectivity index (χ2n) is 4.23. The highest BCUT2D eigenvalue weighted by Crippen LogP contribution is 2.22. The van der Waals surface area contributed by atoms with Crippen molar-refractivity contribution in [1.82, 2.24) is 5.32 Å². The first-order valence-corrected chi connectivity index (χ1v) is 7.33. The average molecular weight is 304 g/mol. The first kappa shape index (κ1) is 15.1. The minimum Gasteiger partial charge on any atom is -0.495 e. The Labute approximate surface area is 126 Å². The summed E-state index contributed by atoms with van der Waals surface area (Å²) in [5, 5.41) is 7.30. The summed E-state index contributed by atoms with van der Waals surface area (Å²) in [7, 11) is 1.55. The highest BCUT2D eigenvalue weighted by molar-refractivity contribution is 7.12. The molecular weight excluding hydrogens is 288 g/mol. The molecule has 1 aromatic carbocycles. The molecule has 0 spiro atoms. The molecule has 2 N–H and O–H groups in total. The maximum atomic E-state index is 11.8. The summed E-state index contributed by atoms with van der Waals surface area (Å²) < 4.78 is 5.15. The zero-order valence-electron chi connectivity index (χ0n) is 11.6. The molecule has 5 nitrogen and oxygen atoms in total. The summed E-state index contributed by atoms with van der Waals surface area (Å²) in [5.74, 6) is 0.273. The first-order chi connectivity index (χ1) is 10.2. The molecule has 21 heavy (non-hydrogen) atoms. The monoisotopic (exact) mass is 304 g/mol. The molecule has 0 unspecified atom stereocenters. The molecule has 0 radical (unpaired) electrons. The molecular formula is C15H16N2O3S. The van der Waals surface area contributed by atoms with Crippen LogP contribution in [0.1, 0.15) is 16.1 Å². The van der Waals surface area contributed by atoms with Crippen LogP contribution < -0.4 is 15.4 Å². The number of hydrogen-bond donors (Lipinski definition) is 2. The van der Waals surface area contributed by atoms with E-state index in [9.17, 15) is 9.59 Å². The fraction of sp³-hybridized carbons (Fsp3) is 0.200. The Morgan fingerprint density at radius 3 is 2.71 bits per heavy atom. The van der Waals surface area contributed by atoms with Crippen LogP contribution in [0.5, 0.6) is 5.75 Å². The Hall–Kier alpha value is -2.34. The van der Waals surface area contributed by atoms with Crippen LogP contribution in [0.25, 0.3) is 0 Å². The molecule has 0 fully saturated rings. The lowest BCUT2D eigenvalue weighted by Crippen LogP contribution is -2.27. The van der Waals surface area contributed by atoms with Gasteiger partial charge >= 0.3 is 0 Å². The molecule has 110 valence electrons. The van der Waals surface area contributed by atoms with E-state index in [1.54, 1.807) is 25.3 Å². The highest BCUT2D eigenvalue weighted by atomic mass is 32.1. The summed E-state index contributed by atoms with van der Waals surface area (Å²) in [6.45, 7) is 0.289. The predicted octanol–water partition coefficient (Wildman–Crippen LogP) is 2.52. The van der Waals surface area contributed by atoms with Crippen molar-refractivity contribution in [3.63, 3.8) is 0 Å². The standard InChI is InChI=1S/C15H16N2O3S/c1-20-12-6-3-2-5-11(12)17-14(18)8-9-16-15(19)13-7-4-10-21-13/h2-7,10H,8-9H2,1H3,(H,16,19)(H,17,18). The Balaban J connectivity index is 1.79. The molecule has 2 rings (SSSR count). The molecule has 0 aliphatic heterocycles. The van der Waals surface area contributed by atoms with E-state index in [-0.39, 0.29) is 24.8 Å². The topological polar surface area (TPSA) is 67.4 Å². The summed E-state index contributed by atoms with van der Waals surface area (Å²) in [6, 6.07) is 10.7. The SMILES string of the molecule is COc1ccccc1NC(=O)CCNC(=O)c1cccs1. The average Bonchev–Trinajstić information content (AvgIpc) is 3.02. The van der Waals surface area contributed by atoms with Crippen molar-refractivity contribution in [2.75, 3.05) is 19.0 Å². The van der Waals surface area contributed by atoms with Crippen LogP contribution in [0.4, 0.5) is 5.69 Å². The van der Waals surface area contributed by atoms with Crippen molar-refractivity contribution < 1.29 is 14.3 Å². The number of benzene rings is 1. The van der Waals surface area contributed by atoms with Crippen LogP contribution in [0, 0.1) is 0 Å². The van der Waals surface area contributed by atoms with Crippen molar-refractivity contribution >= 4 is 28.8 Å². The second kappa shape index (κ2) is 7.44. The Morgan fingerprint density at radius 1 is 1.19 bits per heavy atom. The number of methoxy groups -OCH3 is 1. The Bertz CT molecular complexity index is 611. The molecule has 0 bridgehead atoms. The number of nitrogens with one attached hydrogen (secondary N) is 2. The molecule has 1 heterocycles. The van der Waals surface area contributed by atoms with Gasteiger partial charge in [-0.05, 0) is 23.6 Å². The van der Waals surface area contributed by atoms with Crippen molar-refractivity contribution in [2.24, 2.45) is 0 Å². The quantitative estimate of drug-likeness (QED) is 0.861. The molecule has 2 aromatic rings. The van der Waals surface area contributed by atoms with Gasteiger partial charge in [0.2, 0.25) is 5.91 Å². The first-order valence-electron chi connectivity index (χ1n) is 6.45. The molecule has 0 atom stereocenters. The summed E-state index contributed by atoms with van der Waals surface area (Å²) in [5.41, 5.74) is 0.620. The van der Waals surface area contributed by atoms with Crippen molar-refractivity contribution in [3.05, 3.63) is 46.7 Å². The predicted molar refractivity (Wildman–Crippen MR) is 82.9 cm³/mol. The molecule has 0 saturated heterocycles. The van der Waals surface area contributed by atoms with Crippen LogP contribution in [-0.2, 0) is 4.79 Å². The Kier molecular flexibility index (Phi) is 5.34. The van der Waals surface area contributed by atoms with Gasteiger partial charge in [-0.15, -0.1) is 11.3 Å². The summed E-state index contributed by atoms with van der Waals surface area (Å²) in [6.07, 6.45) is 0.204. The van der Waals surface area contributed by atoms with E-state index >= 15 is 0 Å². The number of amides is 2. The van der Waals surface area contributed by atoms with E-state index in [2.05, 4.69) is 10.6 Å². The number of ether oxygens (including phenoxy) is 1. The van der Waals surface area contributed by atoms with Gasteiger partial charge in [0.15, 0.2) is 0 Å². The molecule has 0 saturated carbocycles. The number of thiophene rings is 1. The summed E-state index contributed by atoms with van der Waals surface area (Å²) in [4.78, 5) is 24.2. The van der Waals surface area contributed by atoms with Gasteiger partial charge in [0.1, 0.15) is 5.75 Å². The van der Waals surface area contributed by atoms with Gasteiger partial charge in [-0.25, -0.2) is 0 Å². The van der Waals surface area contributed by atoms with E-state index in [1.165, 1.54) is 11.3 Å². The van der Waals surface area contributed by atoms with Gasteiger partial charge in [-0.3, -0.25) is 9.59 Å². The lowest BCUT2D eigenvalue weighted by Gasteiger charge is -2.10. The van der Waals surface area contributed by atoms with Gasteiger partial charge in [0.25, 0.3) is 5.91 Å². The second-order valence-corrected chi connectivity index (χ2v) is 5.18. The van der Waals surface area contributed by atoms with Crippen molar-refractivity contribution in [2.45, 2.75) is 6.42 Å². The number of rotatable bonds is 6. The smallest absolute Gasteiger partial charge is 0.261 e. The fourth-order valence-electron chi connectivity index (χ4n) is 1.75. The summed E-state index contributed by atoms with van der Waals surface area (Å²) >= 11 is 1.37. The molecule has 1 aromatic heterocycles. The third kappa shape index (κ3) is 4.32. The molecule has 0 aliphatic carbocycles. The molecule has 2 amide bonds. The lowest BCUT2D eigenvalue weighted by molar-refractivity contribution is -0.116. The Morgan fingerprint density at radius 2 is 2.00 bits per heavy atom. The van der Waals surface area contributed by atoms with Crippen LogP contribution in [0.15, 0.2) is 41.8 Å². The number of hydrogen-bond acceptors (Lipinski definition) is 4. The third-order valence-corrected chi connectivity index (χ3v) is 3.63. The van der Waals surface area contributed by atoms with Gasteiger partial charge in [-0.1, -0.05) is 18.2 Å². The largest absolute Gasteiger partial charge is 0.495 e. The van der Waals surface area contributed by atoms with Gasteiger partial charge in [-0.2, -0.15) is 0 Å². The number of carbonyl (C=O) groups excluding carboxylic acids is 2. The van der Waals surface area contributed by atoms with E-state index in [0.717, 1.165) is 0 Å². The van der Waals surface area contributed by atoms with Crippen LogP contribution in [-0.4, -0.2) is 25.5 Å². The van der Waals surface area contributed by atoms with Crippen LogP contribution >= 0.6 is 11.3 Å². The zero-order chi connectivity index (χ0) is 15.1. The lowest BCUT2D eigenvalue weighted by atomic mass is 10.2. The molecule has 6 heteroatoms. The normalized spacial score (nSPS) is 9.95.